The fourth-order valence-electron chi connectivity index (χ4n) is 1.91. The van der Waals surface area contributed by atoms with Crippen molar-refractivity contribution in [3.63, 3.8) is 0 Å². The molecule has 1 unspecified atom stereocenters. The van der Waals surface area contributed by atoms with Gasteiger partial charge in [-0.2, -0.15) is 0 Å². The molecule has 0 aliphatic heterocycles. The van der Waals surface area contributed by atoms with Crippen molar-refractivity contribution in [3.8, 4) is 0 Å². The Labute approximate surface area is 129 Å². The first-order valence-corrected chi connectivity index (χ1v) is 7.69. The van der Waals surface area contributed by atoms with E-state index in [1.807, 2.05) is 12.1 Å². The summed E-state index contributed by atoms with van der Waals surface area (Å²) in [5.74, 6) is 0.979. The second kappa shape index (κ2) is 5.88. The Kier molecular flexibility index (Phi) is 4.57. The molecule has 0 fully saturated rings. The van der Waals surface area contributed by atoms with Crippen molar-refractivity contribution in [3.05, 3.63) is 34.5 Å². The second-order valence-electron chi connectivity index (χ2n) is 6.14. The van der Waals surface area contributed by atoms with Crippen LogP contribution >= 0.6 is 15.9 Å². The van der Waals surface area contributed by atoms with E-state index >= 15 is 0 Å². The van der Waals surface area contributed by atoms with Gasteiger partial charge in [0.25, 0.3) is 0 Å². The first-order valence-electron chi connectivity index (χ1n) is 6.89. The zero-order valence-electron chi connectivity index (χ0n) is 12.8. The fraction of sp³-hybridized carbons (Fsp3) is 0.500. The zero-order valence-corrected chi connectivity index (χ0v) is 14.4. The first-order chi connectivity index (χ1) is 9.29. The minimum Gasteiger partial charge on any atom is -0.459 e. The topological polar surface area (TPSA) is 28.4 Å². The molecule has 0 aliphatic carbocycles. The molecule has 0 bridgehead atoms. The van der Waals surface area contributed by atoms with Crippen LogP contribution in [0.4, 0.5) is 0 Å². The number of hydrogen-bond acceptors (Lipinski definition) is 3. The van der Waals surface area contributed by atoms with Gasteiger partial charge in [0, 0.05) is 21.9 Å². The maximum Gasteiger partial charge on any atom is 0.134 e. The van der Waals surface area contributed by atoms with E-state index in [1.165, 1.54) is 0 Å². The van der Waals surface area contributed by atoms with Gasteiger partial charge in [0.05, 0.1) is 6.04 Å². The second-order valence-corrected chi connectivity index (χ2v) is 7.06. The van der Waals surface area contributed by atoms with Crippen LogP contribution in [0.3, 0.4) is 0 Å². The number of nitrogens with one attached hydrogen (secondary N) is 1. The van der Waals surface area contributed by atoms with Gasteiger partial charge in [0.1, 0.15) is 11.3 Å². The molecule has 1 atom stereocenters. The lowest BCUT2D eigenvalue weighted by molar-refractivity contribution is 0.183. The highest BCUT2D eigenvalue weighted by Crippen LogP contribution is 2.26. The lowest BCUT2D eigenvalue weighted by Gasteiger charge is -2.33. The first kappa shape index (κ1) is 15.5. The van der Waals surface area contributed by atoms with Crippen LogP contribution in [0, 0.1) is 0 Å². The van der Waals surface area contributed by atoms with Crippen LogP contribution < -0.4 is 5.32 Å². The molecule has 0 aliphatic rings. The molecule has 2 aromatic rings. The van der Waals surface area contributed by atoms with E-state index in [0.29, 0.717) is 0 Å². The van der Waals surface area contributed by atoms with Crippen molar-refractivity contribution < 1.29 is 4.42 Å². The largest absolute Gasteiger partial charge is 0.459 e. The van der Waals surface area contributed by atoms with Crippen LogP contribution in [0.2, 0.25) is 0 Å². The van der Waals surface area contributed by atoms with Crippen molar-refractivity contribution in [2.75, 3.05) is 20.6 Å². The maximum absolute atomic E-state index is 5.91. The number of likely N-dealkylation sites (N-methyl/N-ethyl adjacent to an activating group) is 1. The summed E-state index contributed by atoms with van der Waals surface area (Å²) in [6.07, 6.45) is 0. The number of fused-ring (bicyclic) bond motifs is 1. The predicted octanol–water partition coefficient (Wildman–Crippen LogP) is 4.19. The minimum atomic E-state index is 0.114. The molecule has 0 saturated heterocycles. The van der Waals surface area contributed by atoms with Crippen LogP contribution in [0.15, 0.2) is 33.2 Å². The molecule has 0 saturated carbocycles. The minimum absolute atomic E-state index is 0.114. The Morgan fingerprint density at radius 2 is 2.00 bits per heavy atom. The molecular weight excluding hydrogens is 316 g/mol. The Hall–Kier alpha value is -0.840. The Bertz CT molecular complexity index is 589. The van der Waals surface area contributed by atoms with Gasteiger partial charge in [-0.25, -0.2) is 0 Å². The van der Waals surface area contributed by atoms with Crippen LogP contribution in [0.1, 0.15) is 32.6 Å². The molecule has 0 radical (unpaired) electrons. The quantitative estimate of drug-likeness (QED) is 0.886. The molecule has 20 heavy (non-hydrogen) atoms. The number of benzene rings is 1. The Morgan fingerprint density at radius 1 is 1.30 bits per heavy atom. The average molecular weight is 339 g/mol. The molecule has 2 rings (SSSR count). The van der Waals surface area contributed by atoms with Crippen LogP contribution in [-0.4, -0.2) is 31.1 Å². The summed E-state index contributed by atoms with van der Waals surface area (Å²) >= 11 is 3.49. The molecule has 0 spiro atoms. The summed E-state index contributed by atoms with van der Waals surface area (Å²) in [6, 6.07) is 8.39. The highest BCUT2D eigenvalue weighted by Gasteiger charge is 2.22. The van der Waals surface area contributed by atoms with Crippen molar-refractivity contribution >= 4 is 26.9 Å². The molecule has 3 nitrogen and oxygen atoms in total. The smallest absolute Gasteiger partial charge is 0.134 e. The van der Waals surface area contributed by atoms with Crippen molar-refractivity contribution in [1.29, 1.82) is 0 Å². The van der Waals surface area contributed by atoms with Gasteiger partial charge in [0.15, 0.2) is 0 Å². The number of nitrogens with zero attached hydrogens (tertiary/aromatic N) is 1. The van der Waals surface area contributed by atoms with Crippen LogP contribution in [0.25, 0.3) is 11.0 Å². The number of furan rings is 1. The van der Waals surface area contributed by atoms with Gasteiger partial charge in [-0.15, -0.1) is 0 Å². The third-order valence-electron chi connectivity index (χ3n) is 3.98. The van der Waals surface area contributed by atoms with Gasteiger partial charge in [-0.3, -0.25) is 0 Å². The van der Waals surface area contributed by atoms with Crippen molar-refractivity contribution in [1.82, 2.24) is 10.2 Å². The van der Waals surface area contributed by atoms with Crippen LogP contribution in [-0.2, 0) is 0 Å². The lowest BCUT2D eigenvalue weighted by atomic mass is 10.0. The predicted molar refractivity (Wildman–Crippen MR) is 88.1 cm³/mol. The third-order valence-corrected chi connectivity index (χ3v) is 4.47. The van der Waals surface area contributed by atoms with E-state index in [-0.39, 0.29) is 11.6 Å². The summed E-state index contributed by atoms with van der Waals surface area (Å²) in [5, 5.41) is 4.68. The van der Waals surface area contributed by atoms with E-state index in [2.05, 4.69) is 73.1 Å². The number of halogens is 1. The standard InChI is InChI=1S/C16H23BrN2O/c1-11(18-10-16(2,3)19(4)5)15-9-12-8-13(17)6-7-14(12)20-15/h6-9,11,18H,10H2,1-5H3. The van der Waals surface area contributed by atoms with Crippen LogP contribution in [0.5, 0.6) is 0 Å². The summed E-state index contributed by atoms with van der Waals surface area (Å²) in [4.78, 5) is 2.22. The van der Waals surface area contributed by atoms with Gasteiger partial charge >= 0.3 is 0 Å². The van der Waals surface area contributed by atoms with Gasteiger partial charge < -0.3 is 14.6 Å². The molecule has 1 heterocycles. The SMILES string of the molecule is CC(NCC(C)(C)N(C)C)c1cc2cc(Br)ccc2o1. The molecule has 1 aromatic carbocycles. The highest BCUT2D eigenvalue weighted by atomic mass is 79.9. The number of hydrogen-bond donors (Lipinski definition) is 1. The summed E-state index contributed by atoms with van der Waals surface area (Å²) < 4.78 is 6.99. The Balaban J connectivity index is 2.09. The maximum atomic E-state index is 5.91. The average Bonchev–Trinajstić information content (AvgIpc) is 2.78. The van der Waals surface area contributed by atoms with E-state index in [1.54, 1.807) is 0 Å². The van der Waals surface area contributed by atoms with E-state index in [0.717, 1.165) is 27.7 Å². The lowest BCUT2D eigenvalue weighted by Crippen LogP contribution is -2.47. The van der Waals surface area contributed by atoms with E-state index in [4.69, 9.17) is 4.42 Å². The number of rotatable bonds is 5. The van der Waals surface area contributed by atoms with Gasteiger partial charge in [-0.05, 0) is 59.1 Å². The van der Waals surface area contributed by atoms with Crippen molar-refractivity contribution in [2.45, 2.75) is 32.4 Å². The molecule has 1 aromatic heterocycles. The zero-order chi connectivity index (χ0) is 14.9. The molecule has 0 amide bonds. The van der Waals surface area contributed by atoms with E-state index in [9.17, 15) is 0 Å². The fourth-order valence-corrected chi connectivity index (χ4v) is 2.29. The molecule has 110 valence electrons. The summed E-state index contributed by atoms with van der Waals surface area (Å²) in [6.45, 7) is 7.49. The molecule has 4 heteroatoms. The Morgan fingerprint density at radius 3 is 2.65 bits per heavy atom. The van der Waals surface area contributed by atoms with E-state index < -0.39 is 0 Å². The molecular formula is C16H23BrN2O. The monoisotopic (exact) mass is 338 g/mol. The van der Waals surface area contributed by atoms with Gasteiger partial charge in [0.2, 0.25) is 0 Å². The summed E-state index contributed by atoms with van der Waals surface area (Å²) in [5.41, 5.74) is 1.05. The molecule has 1 N–H and O–H groups in total. The summed E-state index contributed by atoms with van der Waals surface area (Å²) in [7, 11) is 4.20. The normalized spacial score (nSPS) is 14.2. The third kappa shape index (κ3) is 3.43. The van der Waals surface area contributed by atoms with Gasteiger partial charge in [-0.1, -0.05) is 15.9 Å². The highest BCUT2D eigenvalue weighted by molar-refractivity contribution is 9.10. The van der Waals surface area contributed by atoms with Crippen molar-refractivity contribution in [2.24, 2.45) is 0 Å².